The third-order valence-corrected chi connectivity index (χ3v) is 5.35. The molecule has 2 unspecified atom stereocenters. The van der Waals surface area contributed by atoms with Crippen LogP contribution in [0.15, 0.2) is 23.4 Å². The summed E-state index contributed by atoms with van der Waals surface area (Å²) in [5.41, 5.74) is 13.2. The Morgan fingerprint density at radius 1 is 1.14 bits per heavy atom. The van der Waals surface area contributed by atoms with E-state index in [0.29, 0.717) is 6.61 Å². The van der Waals surface area contributed by atoms with Gasteiger partial charge in [-0.15, -0.1) is 0 Å². The van der Waals surface area contributed by atoms with E-state index in [2.05, 4.69) is 33.0 Å². The zero-order valence-corrected chi connectivity index (χ0v) is 14.0. The van der Waals surface area contributed by atoms with E-state index in [1.807, 2.05) is 13.0 Å². The van der Waals surface area contributed by atoms with E-state index in [9.17, 15) is 0 Å². The minimum absolute atomic E-state index is 0.183. The lowest BCUT2D eigenvalue weighted by molar-refractivity contribution is -0.163. The standard InChI is InChI=1S/C16H29N3O2/c1-7-14(5)11-12(19-13(14,3)4)16(20-6,21-8-2)10-9-15(11,17)18/h9-10,19H,7-8,17-18H2,1-6H3. The second-order valence-electron chi connectivity index (χ2n) is 6.76. The molecule has 5 N–H and O–H groups in total. The maximum atomic E-state index is 6.39. The van der Waals surface area contributed by atoms with Crippen LogP contribution in [0.25, 0.3) is 0 Å². The van der Waals surface area contributed by atoms with Crippen LogP contribution in [0.4, 0.5) is 0 Å². The van der Waals surface area contributed by atoms with Crippen molar-refractivity contribution < 1.29 is 9.47 Å². The van der Waals surface area contributed by atoms with Crippen LogP contribution in [0, 0.1) is 5.41 Å². The summed E-state index contributed by atoms with van der Waals surface area (Å²) in [6, 6.07) is 0. The van der Waals surface area contributed by atoms with Crippen molar-refractivity contribution in [2.24, 2.45) is 16.9 Å². The van der Waals surface area contributed by atoms with Crippen LogP contribution in [0.2, 0.25) is 0 Å². The van der Waals surface area contributed by atoms with E-state index in [0.717, 1.165) is 17.7 Å². The molecule has 0 bridgehead atoms. The molecule has 0 aromatic carbocycles. The molecule has 0 aromatic rings. The molecule has 2 atom stereocenters. The predicted molar refractivity (Wildman–Crippen MR) is 84.3 cm³/mol. The highest BCUT2D eigenvalue weighted by Crippen LogP contribution is 2.54. The van der Waals surface area contributed by atoms with E-state index in [1.165, 1.54) is 0 Å². The van der Waals surface area contributed by atoms with E-state index < -0.39 is 11.4 Å². The van der Waals surface area contributed by atoms with Crippen LogP contribution in [0.5, 0.6) is 0 Å². The molecule has 1 aliphatic heterocycles. The van der Waals surface area contributed by atoms with E-state index in [-0.39, 0.29) is 11.0 Å². The number of ether oxygens (including phenoxy) is 2. The van der Waals surface area contributed by atoms with Crippen LogP contribution < -0.4 is 16.8 Å². The maximum Gasteiger partial charge on any atom is 0.230 e. The summed E-state index contributed by atoms with van der Waals surface area (Å²) >= 11 is 0. The summed E-state index contributed by atoms with van der Waals surface area (Å²) in [7, 11) is 1.64. The fourth-order valence-corrected chi connectivity index (χ4v) is 3.65. The molecule has 5 heteroatoms. The molecule has 120 valence electrons. The number of methoxy groups -OCH3 is 1. The third-order valence-electron chi connectivity index (χ3n) is 5.35. The van der Waals surface area contributed by atoms with Crippen LogP contribution in [0.3, 0.4) is 0 Å². The molecule has 0 saturated carbocycles. The van der Waals surface area contributed by atoms with Gasteiger partial charge in [-0.1, -0.05) is 13.8 Å². The van der Waals surface area contributed by atoms with Crippen LogP contribution >= 0.6 is 0 Å². The van der Waals surface area contributed by atoms with Gasteiger partial charge in [0.1, 0.15) is 5.66 Å². The third kappa shape index (κ3) is 2.06. The van der Waals surface area contributed by atoms with Crippen LogP contribution in [0.1, 0.15) is 41.0 Å². The first-order chi connectivity index (χ1) is 9.60. The Balaban J connectivity index is 2.69. The van der Waals surface area contributed by atoms with Gasteiger partial charge in [-0.2, -0.15) is 0 Å². The minimum Gasteiger partial charge on any atom is -0.378 e. The lowest BCUT2D eigenvalue weighted by Crippen LogP contribution is -2.58. The van der Waals surface area contributed by atoms with E-state index in [4.69, 9.17) is 20.9 Å². The fourth-order valence-electron chi connectivity index (χ4n) is 3.65. The summed E-state index contributed by atoms with van der Waals surface area (Å²) in [6.45, 7) is 11.2. The van der Waals surface area contributed by atoms with Crippen LogP contribution in [-0.2, 0) is 9.47 Å². The second-order valence-corrected chi connectivity index (χ2v) is 6.76. The van der Waals surface area contributed by atoms with Crippen molar-refractivity contribution in [2.45, 2.75) is 58.0 Å². The van der Waals surface area contributed by atoms with Gasteiger partial charge in [0.15, 0.2) is 0 Å². The summed E-state index contributed by atoms with van der Waals surface area (Å²) in [4.78, 5) is 0. The van der Waals surface area contributed by atoms with Crippen molar-refractivity contribution in [3.63, 3.8) is 0 Å². The Hall–Kier alpha value is -0.880. The van der Waals surface area contributed by atoms with Crippen molar-refractivity contribution in [1.29, 1.82) is 0 Å². The van der Waals surface area contributed by atoms with E-state index >= 15 is 0 Å². The van der Waals surface area contributed by atoms with Gasteiger partial charge in [0.2, 0.25) is 5.79 Å². The van der Waals surface area contributed by atoms with Crippen LogP contribution in [-0.4, -0.2) is 30.7 Å². The van der Waals surface area contributed by atoms with Crippen molar-refractivity contribution in [2.75, 3.05) is 13.7 Å². The van der Waals surface area contributed by atoms with E-state index in [1.54, 1.807) is 13.2 Å². The average molecular weight is 295 g/mol. The molecule has 0 aromatic heterocycles. The number of hydrogen-bond acceptors (Lipinski definition) is 5. The van der Waals surface area contributed by atoms with Gasteiger partial charge in [0, 0.05) is 30.2 Å². The fraction of sp³-hybridized carbons (Fsp3) is 0.750. The number of nitrogens with one attached hydrogen (secondary N) is 1. The van der Waals surface area contributed by atoms with Crippen molar-refractivity contribution in [1.82, 2.24) is 5.32 Å². The first-order valence-electron chi connectivity index (χ1n) is 7.61. The number of hydrogen-bond donors (Lipinski definition) is 3. The zero-order chi connectivity index (χ0) is 16.1. The van der Waals surface area contributed by atoms with Gasteiger partial charge in [-0.05, 0) is 39.3 Å². The predicted octanol–water partition coefficient (Wildman–Crippen LogP) is 1.60. The SMILES string of the molecule is CCOC1(OC)C=CC(N)(N)C2=C1NC(C)(C)C2(C)CC. The van der Waals surface area contributed by atoms with Gasteiger partial charge in [0.25, 0.3) is 0 Å². The first kappa shape index (κ1) is 16.5. The lowest BCUT2D eigenvalue weighted by atomic mass is 9.64. The summed E-state index contributed by atoms with van der Waals surface area (Å²) < 4.78 is 11.6. The Labute approximate surface area is 127 Å². The molecule has 1 aliphatic carbocycles. The highest BCUT2D eigenvalue weighted by atomic mass is 16.7. The minimum atomic E-state index is -1.00. The Morgan fingerprint density at radius 3 is 2.24 bits per heavy atom. The van der Waals surface area contributed by atoms with Gasteiger partial charge >= 0.3 is 0 Å². The topological polar surface area (TPSA) is 82.5 Å². The molecule has 2 aliphatic rings. The smallest absolute Gasteiger partial charge is 0.230 e. The molecule has 0 fully saturated rings. The van der Waals surface area contributed by atoms with Crippen molar-refractivity contribution >= 4 is 0 Å². The van der Waals surface area contributed by atoms with Gasteiger partial charge in [-0.25, -0.2) is 0 Å². The monoisotopic (exact) mass is 295 g/mol. The van der Waals surface area contributed by atoms with Crippen molar-refractivity contribution in [3.8, 4) is 0 Å². The lowest BCUT2D eigenvalue weighted by Gasteiger charge is -2.44. The van der Waals surface area contributed by atoms with Gasteiger partial charge in [-0.3, -0.25) is 0 Å². The molecule has 0 amide bonds. The highest BCUT2D eigenvalue weighted by Gasteiger charge is 2.59. The molecule has 0 spiro atoms. The average Bonchev–Trinajstić information content (AvgIpc) is 2.63. The van der Waals surface area contributed by atoms with Gasteiger partial charge in [0.05, 0.1) is 5.70 Å². The quantitative estimate of drug-likeness (QED) is 0.542. The molecule has 0 saturated heterocycles. The first-order valence-corrected chi connectivity index (χ1v) is 7.61. The Kier molecular flexibility index (Phi) is 3.78. The van der Waals surface area contributed by atoms with Crippen molar-refractivity contribution in [3.05, 3.63) is 23.4 Å². The molecular weight excluding hydrogens is 266 g/mol. The number of nitrogens with two attached hydrogens (primary N) is 2. The molecule has 1 heterocycles. The molecule has 21 heavy (non-hydrogen) atoms. The largest absolute Gasteiger partial charge is 0.378 e. The summed E-state index contributed by atoms with van der Waals surface area (Å²) in [6.07, 6.45) is 4.53. The molecule has 2 rings (SSSR count). The Bertz CT molecular complexity index is 496. The van der Waals surface area contributed by atoms with Gasteiger partial charge < -0.3 is 26.3 Å². The summed E-state index contributed by atoms with van der Waals surface area (Å²) in [5.74, 6) is -0.934. The molecular formula is C16H29N3O2. The highest BCUT2D eigenvalue weighted by molar-refractivity contribution is 5.50. The molecule has 5 nitrogen and oxygen atoms in total. The second kappa shape index (κ2) is 4.81. The normalized spacial score (nSPS) is 36.6. The summed E-state index contributed by atoms with van der Waals surface area (Å²) in [5, 5.41) is 3.57. The Morgan fingerprint density at radius 2 is 1.76 bits per heavy atom. The zero-order valence-electron chi connectivity index (χ0n) is 14.0. The molecule has 0 radical (unpaired) electrons. The number of rotatable bonds is 4. The maximum absolute atomic E-state index is 6.39.